The molecule has 2 atom stereocenters. The predicted octanol–water partition coefficient (Wildman–Crippen LogP) is 5.98. The molecule has 1 aliphatic rings. The van der Waals surface area contributed by atoms with Crippen molar-refractivity contribution < 1.29 is 24.2 Å². The van der Waals surface area contributed by atoms with Crippen LogP contribution in [0.1, 0.15) is 117 Å². The van der Waals surface area contributed by atoms with Crippen molar-refractivity contribution in [3.63, 3.8) is 0 Å². The highest BCUT2D eigenvalue weighted by atomic mass is 16.6. The van der Waals surface area contributed by atoms with E-state index in [2.05, 4.69) is 17.6 Å². The number of unbranched alkanes of at least 4 members (excludes halogenated alkanes) is 5. The third kappa shape index (κ3) is 10.9. The highest BCUT2D eigenvalue weighted by Crippen LogP contribution is 2.27. The van der Waals surface area contributed by atoms with Crippen LogP contribution < -0.4 is 10.6 Å². The molecule has 38 heavy (non-hydrogen) atoms. The number of rotatable bonds is 13. The summed E-state index contributed by atoms with van der Waals surface area (Å²) in [5, 5.41) is 15.7. The average molecular weight is 532 g/mol. The van der Waals surface area contributed by atoms with Gasteiger partial charge in [0.1, 0.15) is 23.4 Å². The molecule has 1 fully saturated rings. The summed E-state index contributed by atoms with van der Waals surface area (Å²) in [6, 6.07) is 4.77. The van der Waals surface area contributed by atoms with Crippen molar-refractivity contribution in [2.75, 3.05) is 6.54 Å². The number of alkyl carbamates (subject to hydrolysis) is 1. The van der Waals surface area contributed by atoms with Gasteiger partial charge >= 0.3 is 6.09 Å². The molecule has 8 heteroatoms. The third-order valence-electron chi connectivity index (χ3n) is 6.86. The van der Waals surface area contributed by atoms with Gasteiger partial charge < -0.3 is 25.4 Å². The smallest absolute Gasteiger partial charge is 0.408 e. The zero-order chi connectivity index (χ0) is 28.1. The molecule has 0 aromatic heterocycles. The fraction of sp³-hybridized carbons (Fsp3) is 0.700. The van der Waals surface area contributed by atoms with Crippen LogP contribution in [0.4, 0.5) is 4.79 Å². The number of phenols is 1. The lowest BCUT2D eigenvalue weighted by Gasteiger charge is -2.35. The number of carbonyl (C=O) groups is 3. The summed E-state index contributed by atoms with van der Waals surface area (Å²) in [4.78, 5) is 41.6. The molecule has 2 unspecified atom stereocenters. The molecule has 1 saturated carbocycles. The molecule has 214 valence electrons. The first-order chi connectivity index (χ1) is 18.0. The summed E-state index contributed by atoms with van der Waals surface area (Å²) < 4.78 is 5.35. The molecular formula is C30H49N3O5. The van der Waals surface area contributed by atoms with Crippen molar-refractivity contribution in [2.24, 2.45) is 0 Å². The molecule has 2 rings (SSSR count). The van der Waals surface area contributed by atoms with E-state index in [0.29, 0.717) is 12.1 Å². The molecule has 1 aromatic carbocycles. The Bertz CT molecular complexity index is 875. The molecule has 0 spiro atoms. The highest BCUT2D eigenvalue weighted by Gasteiger charge is 2.35. The van der Waals surface area contributed by atoms with Gasteiger partial charge in [-0.25, -0.2) is 4.79 Å². The van der Waals surface area contributed by atoms with Gasteiger partial charge in [0.15, 0.2) is 0 Å². The molecule has 3 N–H and O–H groups in total. The molecule has 0 bridgehead atoms. The number of hydrogen-bond acceptors (Lipinski definition) is 5. The van der Waals surface area contributed by atoms with Crippen LogP contribution in [-0.4, -0.2) is 52.1 Å². The van der Waals surface area contributed by atoms with Crippen LogP contribution in [0.5, 0.6) is 5.75 Å². The molecule has 0 saturated heterocycles. The first-order valence-corrected chi connectivity index (χ1v) is 14.4. The molecular weight excluding hydrogens is 482 g/mol. The van der Waals surface area contributed by atoms with Gasteiger partial charge in [-0.1, -0.05) is 70.4 Å². The van der Waals surface area contributed by atoms with Crippen LogP contribution in [0.2, 0.25) is 0 Å². The molecule has 0 aliphatic heterocycles. The van der Waals surface area contributed by atoms with E-state index in [1.165, 1.54) is 25.0 Å². The number of ether oxygens (including phenoxy) is 1. The largest absolute Gasteiger partial charge is 0.508 e. The van der Waals surface area contributed by atoms with E-state index >= 15 is 0 Å². The van der Waals surface area contributed by atoms with E-state index in [4.69, 9.17) is 4.74 Å². The minimum Gasteiger partial charge on any atom is -0.508 e. The summed E-state index contributed by atoms with van der Waals surface area (Å²) in [5.41, 5.74) is -0.0700. The Morgan fingerprint density at radius 2 is 1.61 bits per heavy atom. The Labute approximate surface area is 228 Å². The molecule has 1 aliphatic carbocycles. The number of benzene rings is 1. The SMILES string of the molecule is CCCCCCCCN(C(=O)C(C)NC(=O)OC(C)(C)C)C(C(=O)NC1CCCCC1)c1ccc(O)cc1. The van der Waals surface area contributed by atoms with Gasteiger partial charge in [-0.3, -0.25) is 9.59 Å². The maximum atomic E-state index is 13.8. The van der Waals surface area contributed by atoms with Gasteiger partial charge in [-0.2, -0.15) is 0 Å². The molecule has 0 radical (unpaired) electrons. The maximum Gasteiger partial charge on any atom is 0.408 e. The second-order valence-corrected chi connectivity index (χ2v) is 11.5. The highest BCUT2D eigenvalue weighted by molar-refractivity contribution is 5.92. The van der Waals surface area contributed by atoms with E-state index < -0.39 is 23.8 Å². The monoisotopic (exact) mass is 531 g/mol. The van der Waals surface area contributed by atoms with Crippen molar-refractivity contribution in [1.29, 1.82) is 0 Å². The Balaban J connectivity index is 2.30. The summed E-state index contributed by atoms with van der Waals surface area (Å²) in [7, 11) is 0. The first-order valence-electron chi connectivity index (χ1n) is 14.4. The van der Waals surface area contributed by atoms with Gasteiger partial charge in [0.25, 0.3) is 0 Å². The zero-order valence-electron chi connectivity index (χ0n) is 24.1. The van der Waals surface area contributed by atoms with E-state index in [9.17, 15) is 19.5 Å². The van der Waals surface area contributed by atoms with Crippen LogP contribution in [0.25, 0.3) is 0 Å². The number of carbonyl (C=O) groups excluding carboxylic acids is 3. The maximum absolute atomic E-state index is 13.8. The fourth-order valence-corrected chi connectivity index (χ4v) is 4.88. The lowest BCUT2D eigenvalue weighted by atomic mass is 9.94. The van der Waals surface area contributed by atoms with Crippen LogP contribution in [0, 0.1) is 0 Å². The number of nitrogens with zero attached hydrogens (tertiary/aromatic N) is 1. The molecule has 0 heterocycles. The van der Waals surface area contributed by atoms with E-state index in [-0.39, 0.29) is 23.6 Å². The van der Waals surface area contributed by atoms with Crippen LogP contribution >= 0.6 is 0 Å². The van der Waals surface area contributed by atoms with Crippen molar-refractivity contribution in [1.82, 2.24) is 15.5 Å². The second kappa shape index (κ2) is 15.6. The van der Waals surface area contributed by atoms with Crippen molar-refractivity contribution in [3.05, 3.63) is 29.8 Å². The Morgan fingerprint density at radius 1 is 1.00 bits per heavy atom. The zero-order valence-corrected chi connectivity index (χ0v) is 24.1. The third-order valence-corrected chi connectivity index (χ3v) is 6.86. The number of amides is 3. The Morgan fingerprint density at radius 3 is 2.21 bits per heavy atom. The summed E-state index contributed by atoms with van der Waals surface area (Å²) in [5.74, 6) is -0.485. The van der Waals surface area contributed by atoms with Crippen molar-refractivity contribution in [2.45, 2.75) is 129 Å². The Hall–Kier alpha value is -2.77. The number of phenolic OH excluding ortho intramolecular Hbond substituents is 1. The fourth-order valence-electron chi connectivity index (χ4n) is 4.88. The lowest BCUT2D eigenvalue weighted by molar-refractivity contribution is -0.142. The lowest BCUT2D eigenvalue weighted by Crippen LogP contribution is -2.53. The summed E-state index contributed by atoms with van der Waals surface area (Å²) in [6.45, 7) is 9.47. The van der Waals surface area contributed by atoms with Gasteiger partial charge in [0.05, 0.1) is 0 Å². The van der Waals surface area contributed by atoms with Crippen LogP contribution in [-0.2, 0) is 14.3 Å². The van der Waals surface area contributed by atoms with Gasteiger partial charge in [0, 0.05) is 12.6 Å². The standard InChI is InChI=1S/C30H49N3O5/c1-6-7-8-9-10-14-21-33(28(36)22(2)31-29(37)38-30(3,4)5)26(23-17-19-25(34)20-18-23)27(35)32-24-15-12-11-13-16-24/h17-20,22,24,26,34H,6-16,21H2,1-5H3,(H,31,37)(H,32,35). The minimum absolute atomic E-state index is 0.0826. The summed E-state index contributed by atoms with van der Waals surface area (Å²) >= 11 is 0. The number of nitrogens with one attached hydrogen (secondary N) is 2. The Kier molecular flexibility index (Phi) is 12.9. The quantitative estimate of drug-likeness (QED) is 0.271. The topological polar surface area (TPSA) is 108 Å². The summed E-state index contributed by atoms with van der Waals surface area (Å²) in [6.07, 6.45) is 10.7. The molecule has 1 aromatic rings. The molecule has 8 nitrogen and oxygen atoms in total. The van der Waals surface area contributed by atoms with Gasteiger partial charge in [0.2, 0.25) is 11.8 Å². The number of hydrogen-bond donors (Lipinski definition) is 3. The van der Waals surface area contributed by atoms with Gasteiger partial charge in [-0.15, -0.1) is 0 Å². The van der Waals surface area contributed by atoms with Crippen molar-refractivity contribution in [3.8, 4) is 5.75 Å². The predicted molar refractivity (Wildman–Crippen MR) is 150 cm³/mol. The number of aromatic hydroxyl groups is 1. The average Bonchev–Trinajstić information content (AvgIpc) is 2.85. The van der Waals surface area contributed by atoms with Crippen LogP contribution in [0.15, 0.2) is 24.3 Å². The minimum atomic E-state index is -0.882. The normalized spacial score (nSPS) is 15.8. The molecule has 3 amide bonds. The van der Waals surface area contributed by atoms with Crippen molar-refractivity contribution >= 4 is 17.9 Å². The van der Waals surface area contributed by atoms with E-state index in [1.807, 2.05) is 0 Å². The second-order valence-electron chi connectivity index (χ2n) is 11.5. The van der Waals surface area contributed by atoms with Crippen LogP contribution in [0.3, 0.4) is 0 Å². The van der Waals surface area contributed by atoms with E-state index in [0.717, 1.165) is 57.8 Å². The van der Waals surface area contributed by atoms with E-state index in [1.54, 1.807) is 44.7 Å². The first kappa shape index (κ1) is 31.4. The van der Waals surface area contributed by atoms with Gasteiger partial charge in [-0.05, 0) is 64.7 Å².